The van der Waals surface area contributed by atoms with Gasteiger partial charge in [-0.3, -0.25) is 4.79 Å². The Labute approximate surface area is 106 Å². The first kappa shape index (κ1) is 15.3. The second kappa shape index (κ2) is 6.97. The number of unbranched alkanes of at least 4 members (excludes halogenated alkanes) is 1. The lowest BCUT2D eigenvalue weighted by Gasteiger charge is -2.32. The largest absolute Gasteiger partial charge is 0.389 e. The SMILES string of the molecule is CCNC1CCCN(CCCCC(F)(F)F)C1=O. The van der Waals surface area contributed by atoms with Gasteiger partial charge in [0.05, 0.1) is 6.04 Å². The standard InChI is InChI=1S/C12H21F3N2O/c1-2-16-10-6-5-9-17(11(10)18)8-4-3-7-12(13,14)15/h10,16H,2-9H2,1H3. The first-order valence-electron chi connectivity index (χ1n) is 6.53. The molecule has 6 heteroatoms. The van der Waals surface area contributed by atoms with Crippen LogP contribution in [0.2, 0.25) is 0 Å². The van der Waals surface area contributed by atoms with Crippen LogP contribution in [-0.2, 0) is 4.79 Å². The van der Waals surface area contributed by atoms with Gasteiger partial charge >= 0.3 is 6.18 Å². The van der Waals surface area contributed by atoms with Crippen molar-refractivity contribution in [1.29, 1.82) is 0 Å². The molecule has 1 aliphatic rings. The normalized spacial score (nSPS) is 21.4. The van der Waals surface area contributed by atoms with Crippen molar-refractivity contribution in [1.82, 2.24) is 10.2 Å². The molecule has 0 aliphatic carbocycles. The fourth-order valence-electron chi connectivity index (χ4n) is 2.23. The summed E-state index contributed by atoms with van der Waals surface area (Å²) in [6, 6.07) is -0.147. The minimum Gasteiger partial charge on any atom is -0.341 e. The minimum absolute atomic E-state index is 0.0371. The Kier molecular flexibility index (Phi) is 5.91. The highest BCUT2D eigenvalue weighted by molar-refractivity contribution is 5.82. The van der Waals surface area contributed by atoms with E-state index in [1.54, 1.807) is 4.90 Å². The molecule has 1 amide bonds. The highest BCUT2D eigenvalue weighted by atomic mass is 19.4. The molecular weight excluding hydrogens is 245 g/mol. The van der Waals surface area contributed by atoms with E-state index in [1.165, 1.54) is 0 Å². The number of alkyl halides is 3. The fraction of sp³-hybridized carbons (Fsp3) is 0.917. The van der Waals surface area contributed by atoms with E-state index < -0.39 is 12.6 Å². The zero-order chi connectivity index (χ0) is 13.6. The van der Waals surface area contributed by atoms with Crippen molar-refractivity contribution in [2.45, 2.75) is 51.2 Å². The number of amides is 1. The molecule has 0 radical (unpaired) electrons. The molecule has 0 bridgehead atoms. The van der Waals surface area contributed by atoms with Gasteiger partial charge in [0.1, 0.15) is 0 Å². The molecule has 0 aromatic carbocycles. The zero-order valence-electron chi connectivity index (χ0n) is 10.7. The third-order valence-electron chi connectivity index (χ3n) is 3.12. The van der Waals surface area contributed by atoms with Gasteiger partial charge in [0.25, 0.3) is 0 Å². The van der Waals surface area contributed by atoms with Crippen molar-refractivity contribution < 1.29 is 18.0 Å². The molecule has 1 atom stereocenters. The summed E-state index contributed by atoms with van der Waals surface area (Å²) in [5.74, 6) is 0.0371. The highest BCUT2D eigenvalue weighted by Gasteiger charge is 2.29. The van der Waals surface area contributed by atoms with Crippen molar-refractivity contribution in [2.24, 2.45) is 0 Å². The number of piperidine rings is 1. The highest BCUT2D eigenvalue weighted by Crippen LogP contribution is 2.22. The molecule has 106 valence electrons. The number of nitrogens with one attached hydrogen (secondary N) is 1. The van der Waals surface area contributed by atoms with Crippen LogP contribution in [0.4, 0.5) is 13.2 Å². The molecule has 1 heterocycles. The monoisotopic (exact) mass is 266 g/mol. The van der Waals surface area contributed by atoms with Crippen LogP contribution in [0, 0.1) is 0 Å². The summed E-state index contributed by atoms with van der Waals surface area (Å²) < 4.78 is 35.9. The van der Waals surface area contributed by atoms with E-state index in [1.807, 2.05) is 6.92 Å². The maximum atomic E-state index is 12.0. The summed E-state index contributed by atoms with van der Waals surface area (Å²) in [5.41, 5.74) is 0. The van der Waals surface area contributed by atoms with Crippen molar-refractivity contribution in [3.63, 3.8) is 0 Å². The molecule has 0 saturated carbocycles. The smallest absolute Gasteiger partial charge is 0.341 e. The summed E-state index contributed by atoms with van der Waals surface area (Å²) >= 11 is 0. The summed E-state index contributed by atoms with van der Waals surface area (Å²) in [6.45, 7) is 3.79. The first-order valence-corrected chi connectivity index (χ1v) is 6.53. The molecular formula is C12H21F3N2O. The van der Waals surface area contributed by atoms with E-state index in [0.29, 0.717) is 19.5 Å². The topological polar surface area (TPSA) is 32.3 Å². The number of nitrogens with zero attached hydrogens (tertiary/aromatic N) is 1. The van der Waals surface area contributed by atoms with Crippen LogP contribution in [0.5, 0.6) is 0 Å². The van der Waals surface area contributed by atoms with Crippen LogP contribution in [0.3, 0.4) is 0 Å². The summed E-state index contributed by atoms with van der Waals surface area (Å²) in [4.78, 5) is 13.6. The molecule has 1 unspecified atom stereocenters. The average molecular weight is 266 g/mol. The van der Waals surface area contributed by atoms with Crippen LogP contribution in [0.25, 0.3) is 0 Å². The Morgan fingerprint density at radius 2 is 2.11 bits per heavy atom. The number of carbonyl (C=O) groups is 1. The molecule has 1 N–H and O–H groups in total. The van der Waals surface area contributed by atoms with Crippen LogP contribution < -0.4 is 5.32 Å². The molecule has 1 saturated heterocycles. The predicted molar refractivity (Wildman–Crippen MR) is 63.2 cm³/mol. The van der Waals surface area contributed by atoms with Gasteiger partial charge in [0.15, 0.2) is 0 Å². The molecule has 1 fully saturated rings. The van der Waals surface area contributed by atoms with E-state index in [2.05, 4.69) is 5.32 Å². The maximum absolute atomic E-state index is 12.0. The molecule has 1 aliphatic heterocycles. The number of rotatable bonds is 6. The Morgan fingerprint density at radius 3 is 2.72 bits per heavy atom. The quantitative estimate of drug-likeness (QED) is 0.748. The Hall–Kier alpha value is -0.780. The molecule has 1 rings (SSSR count). The molecule has 0 aromatic heterocycles. The van der Waals surface area contributed by atoms with Crippen molar-refractivity contribution in [3.05, 3.63) is 0 Å². The van der Waals surface area contributed by atoms with Gasteiger partial charge in [-0.25, -0.2) is 0 Å². The zero-order valence-corrected chi connectivity index (χ0v) is 10.7. The number of hydrogen-bond donors (Lipinski definition) is 1. The van der Waals surface area contributed by atoms with Crippen LogP contribution in [-0.4, -0.2) is 42.7 Å². The number of hydrogen-bond acceptors (Lipinski definition) is 2. The number of likely N-dealkylation sites (N-methyl/N-ethyl adjacent to an activating group) is 1. The van der Waals surface area contributed by atoms with Gasteiger partial charge < -0.3 is 10.2 Å². The molecule has 3 nitrogen and oxygen atoms in total. The van der Waals surface area contributed by atoms with E-state index in [9.17, 15) is 18.0 Å². The van der Waals surface area contributed by atoms with Crippen molar-refractivity contribution in [2.75, 3.05) is 19.6 Å². The van der Waals surface area contributed by atoms with Gasteiger partial charge in [0.2, 0.25) is 5.91 Å². The lowest BCUT2D eigenvalue weighted by Crippen LogP contribution is -2.50. The Morgan fingerprint density at radius 1 is 1.39 bits per heavy atom. The average Bonchev–Trinajstić information content (AvgIpc) is 2.28. The lowest BCUT2D eigenvalue weighted by atomic mass is 10.0. The number of likely N-dealkylation sites (tertiary alicyclic amines) is 1. The molecule has 18 heavy (non-hydrogen) atoms. The van der Waals surface area contributed by atoms with E-state index in [0.717, 1.165) is 19.4 Å². The third-order valence-corrected chi connectivity index (χ3v) is 3.12. The van der Waals surface area contributed by atoms with E-state index in [-0.39, 0.29) is 18.4 Å². The summed E-state index contributed by atoms with van der Waals surface area (Å²) in [6.07, 6.45) is -2.58. The van der Waals surface area contributed by atoms with Gasteiger partial charge in [-0.2, -0.15) is 13.2 Å². The first-order chi connectivity index (χ1) is 8.44. The van der Waals surface area contributed by atoms with Gasteiger partial charge in [0, 0.05) is 19.5 Å². The fourth-order valence-corrected chi connectivity index (χ4v) is 2.23. The van der Waals surface area contributed by atoms with Gasteiger partial charge in [-0.05, 0) is 32.2 Å². The van der Waals surface area contributed by atoms with Gasteiger partial charge in [-0.15, -0.1) is 0 Å². The number of carbonyl (C=O) groups excluding carboxylic acids is 1. The maximum Gasteiger partial charge on any atom is 0.389 e. The lowest BCUT2D eigenvalue weighted by molar-refractivity contribution is -0.137. The summed E-state index contributed by atoms with van der Waals surface area (Å²) in [5, 5.41) is 3.11. The molecule has 0 spiro atoms. The second-order valence-corrected chi connectivity index (χ2v) is 4.65. The van der Waals surface area contributed by atoms with Crippen molar-refractivity contribution >= 4 is 5.91 Å². The Bertz CT molecular complexity index is 267. The van der Waals surface area contributed by atoms with Crippen LogP contribution in [0.1, 0.15) is 39.0 Å². The van der Waals surface area contributed by atoms with Crippen LogP contribution in [0.15, 0.2) is 0 Å². The number of halogens is 3. The summed E-state index contributed by atoms with van der Waals surface area (Å²) in [7, 11) is 0. The van der Waals surface area contributed by atoms with Crippen molar-refractivity contribution in [3.8, 4) is 0 Å². The second-order valence-electron chi connectivity index (χ2n) is 4.65. The Balaban J connectivity index is 2.27. The van der Waals surface area contributed by atoms with E-state index >= 15 is 0 Å². The van der Waals surface area contributed by atoms with Gasteiger partial charge in [-0.1, -0.05) is 6.92 Å². The minimum atomic E-state index is -4.09. The third kappa shape index (κ3) is 5.25. The molecule has 0 aromatic rings. The van der Waals surface area contributed by atoms with Crippen LogP contribution >= 0.6 is 0 Å². The predicted octanol–water partition coefficient (Wildman–Crippen LogP) is 2.32. The van der Waals surface area contributed by atoms with E-state index in [4.69, 9.17) is 0 Å².